The van der Waals surface area contributed by atoms with Crippen molar-refractivity contribution < 1.29 is 9.53 Å². The molecule has 0 aliphatic rings. The van der Waals surface area contributed by atoms with Crippen LogP contribution in [0.4, 0.5) is 5.69 Å². The Hall–Kier alpha value is -1.03. The first kappa shape index (κ1) is 13.0. The van der Waals surface area contributed by atoms with Gasteiger partial charge in [0.1, 0.15) is 0 Å². The Kier molecular flexibility index (Phi) is 4.80. The SMILES string of the molecule is CCN(CC)c1cc(Br)cc(C(=O)OC)c1. The van der Waals surface area contributed by atoms with E-state index < -0.39 is 0 Å². The highest BCUT2D eigenvalue weighted by Gasteiger charge is 2.10. The van der Waals surface area contributed by atoms with E-state index in [9.17, 15) is 4.79 Å². The largest absolute Gasteiger partial charge is 0.465 e. The van der Waals surface area contributed by atoms with Gasteiger partial charge in [0.15, 0.2) is 0 Å². The van der Waals surface area contributed by atoms with Gasteiger partial charge in [-0.3, -0.25) is 0 Å². The first-order valence-electron chi connectivity index (χ1n) is 5.26. The molecular formula is C12H16BrNO2. The van der Waals surface area contributed by atoms with Crippen LogP contribution in [-0.4, -0.2) is 26.2 Å². The summed E-state index contributed by atoms with van der Waals surface area (Å²) in [6.45, 7) is 5.99. The number of ether oxygens (including phenoxy) is 1. The number of anilines is 1. The molecule has 1 aromatic rings. The summed E-state index contributed by atoms with van der Waals surface area (Å²) < 4.78 is 5.60. The van der Waals surface area contributed by atoms with Gasteiger partial charge in [-0.2, -0.15) is 0 Å². The van der Waals surface area contributed by atoms with E-state index in [2.05, 4.69) is 34.7 Å². The first-order chi connectivity index (χ1) is 7.62. The lowest BCUT2D eigenvalue weighted by Gasteiger charge is -2.21. The van der Waals surface area contributed by atoms with Crippen molar-refractivity contribution in [3.63, 3.8) is 0 Å². The maximum atomic E-state index is 11.5. The first-order valence-corrected chi connectivity index (χ1v) is 6.05. The topological polar surface area (TPSA) is 29.5 Å². The predicted octanol–water partition coefficient (Wildman–Crippen LogP) is 3.08. The minimum atomic E-state index is -0.310. The summed E-state index contributed by atoms with van der Waals surface area (Å²) in [4.78, 5) is 13.6. The van der Waals surface area contributed by atoms with Crippen molar-refractivity contribution in [3.05, 3.63) is 28.2 Å². The van der Waals surface area contributed by atoms with E-state index in [1.807, 2.05) is 12.1 Å². The number of rotatable bonds is 4. The van der Waals surface area contributed by atoms with Gasteiger partial charge in [0.25, 0.3) is 0 Å². The van der Waals surface area contributed by atoms with Crippen molar-refractivity contribution in [1.82, 2.24) is 0 Å². The summed E-state index contributed by atoms with van der Waals surface area (Å²) in [5.41, 5.74) is 1.60. The molecule has 0 aliphatic heterocycles. The Balaban J connectivity index is 3.11. The molecule has 4 heteroatoms. The van der Waals surface area contributed by atoms with Crippen LogP contribution in [0.25, 0.3) is 0 Å². The third kappa shape index (κ3) is 2.98. The van der Waals surface area contributed by atoms with Crippen LogP contribution in [0.5, 0.6) is 0 Å². The van der Waals surface area contributed by atoms with Gasteiger partial charge in [0, 0.05) is 23.2 Å². The van der Waals surface area contributed by atoms with Crippen molar-refractivity contribution in [1.29, 1.82) is 0 Å². The summed E-state index contributed by atoms with van der Waals surface area (Å²) >= 11 is 3.40. The molecular weight excluding hydrogens is 270 g/mol. The van der Waals surface area contributed by atoms with Crippen LogP contribution in [0.2, 0.25) is 0 Å². The molecule has 1 rings (SSSR count). The zero-order chi connectivity index (χ0) is 12.1. The van der Waals surface area contributed by atoms with Gasteiger partial charge < -0.3 is 9.64 Å². The van der Waals surface area contributed by atoms with Crippen molar-refractivity contribution in [2.24, 2.45) is 0 Å². The van der Waals surface area contributed by atoms with Gasteiger partial charge in [-0.25, -0.2) is 4.79 Å². The zero-order valence-corrected chi connectivity index (χ0v) is 11.4. The van der Waals surface area contributed by atoms with Crippen molar-refractivity contribution in [3.8, 4) is 0 Å². The molecule has 0 saturated carbocycles. The molecule has 3 nitrogen and oxygen atoms in total. The molecule has 0 unspecified atom stereocenters. The van der Waals surface area contributed by atoms with Crippen LogP contribution >= 0.6 is 15.9 Å². The second-order valence-electron chi connectivity index (χ2n) is 3.36. The molecule has 0 spiro atoms. The van der Waals surface area contributed by atoms with E-state index >= 15 is 0 Å². The maximum absolute atomic E-state index is 11.5. The molecule has 0 saturated heterocycles. The zero-order valence-electron chi connectivity index (χ0n) is 9.79. The molecule has 0 bridgehead atoms. The Morgan fingerprint density at radius 1 is 1.31 bits per heavy atom. The van der Waals surface area contributed by atoms with Crippen LogP contribution < -0.4 is 4.90 Å². The molecule has 0 atom stereocenters. The molecule has 0 amide bonds. The molecule has 0 fully saturated rings. The Bertz CT molecular complexity index is 375. The maximum Gasteiger partial charge on any atom is 0.337 e. The summed E-state index contributed by atoms with van der Waals surface area (Å²) in [5.74, 6) is -0.310. The fraction of sp³-hybridized carbons (Fsp3) is 0.417. The molecule has 0 N–H and O–H groups in total. The Labute approximate surface area is 105 Å². The second-order valence-corrected chi connectivity index (χ2v) is 4.28. The fourth-order valence-electron chi connectivity index (χ4n) is 1.58. The highest BCUT2D eigenvalue weighted by molar-refractivity contribution is 9.10. The Morgan fingerprint density at radius 2 is 1.94 bits per heavy atom. The number of carbonyl (C=O) groups is 1. The highest BCUT2D eigenvalue weighted by Crippen LogP contribution is 2.23. The van der Waals surface area contributed by atoms with E-state index in [0.29, 0.717) is 5.56 Å². The lowest BCUT2D eigenvalue weighted by molar-refractivity contribution is 0.0600. The molecule has 16 heavy (non-hydrogen) atoms. The lowest BCUT2D eigenvalue weighted by atomic mass is 10.2. The second kappa shape index (κ2) is 5.89. The quantitative estimate of drug-likeness (QED) is 0.797. The third-order valence-electron chi connectivity index (χ3n) is 2.43. The molecule has 88 valence electrons. The summed E-state index contributed by atoms with van der Waals surface area (Å²) in [6, 6.07) is 5.61. The number of benzene rings is 1. The third-order valence-corrected chi connectivity index (χ3v) is 2.89. The van der Waals surface area contributed by atoms with Crippen LogP contribution in [0.15, 0.2) is 22.7 Å². The van der Waals surface area contributed by atoms with E-state index in [4.69, 9.17) is 4.74 Å². The van der Waals surface area contributed by atoms with E-state index in [1.165, 1.54) is 7.11 Å². The number of methoxy groups -OCH3 is 1. The average molecular weight is 286 g/mol. The number of esters is 1. The summed E-state index contributed by atoms with van der Waals surface area (Å²) in [7, 11) is 1.39. The van der Waals surface area contributed by atoms with Crippen LogP contribution in [0, 0.1) is 0 Å². The Morgan fingerprint density at radius 3 is 2.44 bits per heavy atom. The van der Waals surface area contributed by atoms with Gasteiger partial charge in [0.05, 0.1) is 12.7 Å². The van der Waals surface area contributed by atoms with Gasteiger partial charge in [-0.15, -0.1) is 0 Å². The van der Waals surface area contributed by atoms with Gasteiger partial charge in [-0.05, 0) is 32.0 Å². The number of hydrogen-bond acceptors (Lipinski definition) is 3. The normalized spacial score (nSPS) is 10.0. The van der Waals surface area contributed by atoms with E-state index in [1.54, 1.807) is 6.07 Å². The van der Waals surface area contributed by atoms with Gasteiger partial charge in [0.2, 0.25) is 0 Å². The minimum absolute atomic E-state index is 0.310. The molecule has 1 aromatic carbocycles. The van der Waals surface area contributed by atoms with E-state index in [-0.39, 0.29) is 5.97 Å². The van der Waals surface area contributed by atoms with Gasteiger partial charge in [-0.1, -0.05) is 15.9 Å². The smallest absolute Gasteiger partial charge is 0.337 e. The number of hydrogen-bond donors (Lipinski definition) is 0. The standard InChI is InChI=1S/C12H16BrNO2/c1-4-14(5-2)11-7-9(12(15)16-3)6-10(13)8-11/h6-8H,4-5H2,1-3H3. The van der Waals surface area contributed by atoms with E-state index in [0.717, 1.165) is 23.2 Å². The fourth-order valence-corrected chi connectivity index (χ4v) is 2.06. The minimum Gasteiger partial charge on any atom is -0.465 e. The summed E-state index contributed by atoms with van der Waals surface area (Å²) in [5, 5.41) is 0. The average Bonchev–Trinajstić information content (AvgIpc) is 2.29. The highest BCUT2D eigenvalue weighted by atomic mass is 79.9. The monoisotopic (exact) mass is 285 g/mol. The lowest BCUT2D eigenvalue weighted by Crippen LogP contribution is -2.22. The number of halogens is 1. The molecule has 0 aliphatic carbocycles. The van der Waals surface area contributed by atoms with Crippen molar-refractivity contribution in [2.45, 2.75) is 13.8 Å². The van der Waals surface area contributed by atoms with Crippen LogP contribution in [0.1, 0.15) is 24.2 Å². The number of carbonyl (C=O) groups excluding carboxylic acids is 1. The predicted molar refractivity (Wildman–Crippen MR) is 69.0 cm³/mol. The van der Waals surface area contributed by atoms with Crippen molar-refractivity contribution in [2.75, 3.05) is 25.1 Å². The van der Waals surface area contributed by atoms with Crippen molar-refractivity contribution >= 4 is 27.6 Å². The van der Waals surface area contributed by atoms with Crippen LogP contribution in [-0.2, 0) is 4.74 Å². The molecule has 0 radical (unpaired) electrons. The molecule has 0 aromatic heterocycles. The number of nitrogens with zero attached hydrogens (tertiary/aromatic N) is 1. The summed E-state index contributed by atoms with van der Waals surface area (Å²) in [6.07, 6.45) is 0. The molecule has 0 heterocycles. The van der Waals surface area contributed by atoms with Gasteiger partial charge >= 0.3 is 5.97 Å². The van der Waals surface area contributed by atoms with Crippen LogP contribution in [0.3, 0.4) is 0 Å².